The Balaban J connectivity index is 1.37. The van der Waals surface area contributed by atoms with E-state index < -0.39 is 17.5 Å². The minimum Gasteiger partial charge on any atom is -0.349 e. The summed E-state index contributed by atoms with van der Waals surface area (Å²) in [6.07, 6.45) is 9.95. The molecule has 6 heteroatoms. The number of likely N-dealkylation sites (N-methyl/N-ethyl adjacent to an activating group) is 1. The Morgan fingerprint density at radius 1 is 1.09 bits per heavy atom. The van der Waals surface area contributed by atoms with Crippen molar-refractivity contribution in [1.29, 1.82) is 0 Å². The van der Waals surface area contributed by atoms with E-state index in [2.05, 4.69) is 25.2 Å². The summed E-state index contributed by atoms with van der Waals surface area (Å²) in [5, 5.41) is 3.06. The summed E-state index contributed by atoms with van der Waals surface area (Å²) >= 11 is 0. The number of benzene rings is 1. The number of hydrogen-bond acceptors (Lipinski definition) is 2. The highest BCUT2D eigenvalue weighted by Crippen LogP contribution is 2.63. The van der Waals surface area contributed by atoms with E-state index in [9.17, 15) is 18.4 Å². The van der Waals surface area contributed by atoms with Gasteiger partial charge in [0, 0.05) is 24.5 Å². The summed E-state index contributed by atoms with van der Waals surface area (Å²) in [7, 11) is 1.93. The van der Waals surface area contributed by atoms with Crippen molar-refractivity contribution in [3.8, 4) is 0 Å². The number of carbonyl (C=O) groups is 2. The van der Waals surface area contributed by atoms with Crippen molar-refractivity contribution in [3.05, 3.63) is 47.5 Å². The SMILES string of the molecule is CN1C(=O)C=C[C@]2(C)[C@H]3CC[C@]4(C)C(NC(=O)c5cccc(F)c5F)CC[C@H]4[C@@H]3CC[C@@H]12. The molecule has 7 atom stereocenters. The maximum atomic E-state index is 14.2. The molecule has 3 fully saturated rings. The maximum Gasteiger partial charge on any atom is 0.254 e. The predicted octanol–water partition coefficient (Wildman–Crippen LogP) is 4.70. The van der Waals surface area contributed by atoms with E-state index in [0.717, 1.165) is 44.6 Å². The molecule has 0 saturated heterocycles. The summed E-state index contributed by atoms with van der Waals surface area (Å²) in [6.45, 7) is 4.59. The van der Waals surface area contributed by atoms with E-state index in [-0.39, 0.29) is 34.4 Å². The number of hydrogen-bond donors (Lipinski definition) is 1. The first-order valence-electron chi connectivity index (χ1n) is 11.9. The molecule has 1 aromatic carbocycles. The number of rotatable bonds is 2. The lowest BCUT2D eigenvalue weighted by Crippen LogP contribution is -2.60. The molecule has 0 aromatic heterocycles. The lowest BCUT2D eigenvalue weighted by Gasteiger charge is -2.60. The van der Waals surface area contributed by atoms with Gasteiger partial charge in [0.05, 0.1) is 5.56 Å². The highest BCUT2D eigenvalue weighted by molar-refractivity contribution is 5.94. The molecule has 4 nitrogen and oxygen atoms in total. The van der Waals surface area contributed by atoms with Crippen LogP contribution in [0, 0.1) is 40.2 Å². The smallest absolute Gasteiger partial charge is 0.254 e. The van der Waals surface area contributed by atoms with Crippen LogP contribution in [-0.2, 0) is 4.79 Å². The zero-order valence-corrected chi connectivity index (χ0v) is 19.0. The molecule has 1 aliphatic heterocycles. The summed E-state index contributed by atoms with van der Waals surface area (Å²) in [4.78, 5) is 27.0. The average Bonchev–Trinajstić information content (AvgIpc) is 3.09. The average molecular weight is 443 g/mol. The van der Waals surface area contributed by atoms with Crippen LogP contribution in [0.25, 0.3) is 0 Å². The molecule has 3 aliphatic carbocycles. The molecule has 172 valence electrons. The summed E-state index contributed by atoms with van der Waals surface area (Å²) in [5.41, 5.74) is -0.290. The second-order valence-electron chi connectivity index (χ2n) is 10.9. The van der Waals surface area contributed by atoms with Crippen molar-refractivity contribution >= 4 is 11.8 Å². The number of amides is 2. The zero-order chi connectivity index (χ0) is 22.8. The van der Waals surface area contributed by atoms with Crippen LogP contribution in [0.2, 0.25) is 0 Å². The first-order chi connectivity index (χ1) is 15.2. The minimum atomic E-state index is -1.08. The Morgan fingerprint density at radius 2 is 1.88 bits per heavy atom. The van der Waals surface area contributed by atoms with Gasteiger partial charge in [0.25, 0.3) is 5.91 Å². The van der Waals surface area contributed by atoms with Crippen molar-refractivity contribution in [2.45, 2.75) is 64.5 Å². The summed E-state index contributed by atoms with van der Waals surface area (Å²) in [6, 6.07) is 3.95. The predicted molar refractivity (Wildman–Crippen MR) is 118 cm³/mol. The molecule has 1 unspecified atom stereocenters. The van der Waals surface area contributed by atoms with Crippen LogP contribution < -0.4 is 5.32 Å². The molecule has 1 heterocycles. The van der Waals surface area contributed by atoms with Crippen LogP contribution in [0.15, 0.2) is 30.4 Å². The van der Waals surface area contributed by atoms with E-state index in [4.69, 9.17) is 0 Å². The molecule has 5 rings (SSSR count). The van der Waals surface area contributed by atoms with E-state index in [1.807, 2.05) is 11.9 Å². The molecule has 32 heavy (non-hydrogen) atoms. The van der Waals surface area contributed by atoms with Crippen LogP contribution in [0.1, 0.15) is 62.7 Å². The van der Waals surface area contributed by atoms with Gasteiger partial charge >= 0.3 is 0 Å². The molecular weight excluding hydrogens is 410 g/mol. The first-order valence-corrected chi connectivity index (χ1v) is 11.9. The monoisotopic (exact) mass is 442 g/mol. The molecule has 1 aromatic rings. The zero-order valence-electron chi connectivity index (χ0n) is 19.0. The Hall–Kier alpha value is -2.24. The largest absolute Gasteiger partial charge is 0.349 e. The van der Waals surface area contributed by atoms with E-state index >= 15 is 0 Å². The van der Waals surface area contributed by atoms with Crippen LogP contribution in [0.5, 0.6) is 0 Å². The fourth-order valence-corrected chi connectivity index (χ4v) is 7.89. The third-order valence-corrected chi connectivity index (χ3v) is 9.63. The number of halogens is 2. The normalized spacial score (nSPS) is 40.5. The molecule has 2 amide bonds. The number of carbonyl (C=O) groups excluding carboxylic acids is 2. The Kier molecular flexibility index (Phi) is 4.99. The lowest BCUT2D eigenvalue weighted by atomic mass is 9.48. The highest BCUT2D eigenvalue weighted by Gasteiger charge is 2.60. The van der Waals surface area contributed by atoms with Gasteiger partial charge in [-0.15, -0.1) is 0 Å². The molecule has 4 aliphatic rings. The third-order valence-electron chi connectivity index (χ3n) is 9.63. The van der Waals surface area contributed by atoms with Crippen molar-refractivity contribution in [3.63, 3.8) is 0 Å². The van der Waals surface area contributed by atoms with Crippen LogP contribution in [0.3, 0.4) is 0 Å². The molecule has 1 N–H and O–H groups in total. The van der Waals surface area contributed by atoms with Gasteiger partial charge in [0.2, 0.25) is 5.91 Å². The quantitative estimate of drug-likeness (QED) is 0.722. The molecule has 3 saturated carbocycles. The van der Waals surface area contributed by atoms with Crippen molar-refractivity contribution < 1.29 is 18.4 Å². The van der Waals surface area contributed by atoms with Crippen LogP contribution >= 0.6 is 0 Å². The summed E-state index contributed by atoms with van der Waals surface area (Å²) < 4.78 is 27.8. The van der Waals surface area contributed by atoms with Gasteiger partial charge in [0.15, 0.2) is 11.6 Å². The van der Waals surface area contributed by atoms with Crippen molar-refractivity contribution in [2.24, 2.45) is 28.6 Å². The van der Waals surface area contributed by atoms with Gasteiger partial charge in [-0.2, -0.15) is 0 Å². The first kappa shape index (κ1) is 21.6. The van der Waals surface area contributed by atoms with Gasteiger partial charge < -0.3 is 10.2 Å². The highest BCUT2D eigenvalue weighted by atomic mass is 19.2. The topological polar surface area (TPSA) is 49.4 Å². The number of fused-ring (bicyclic) bond motifs is 5. The lowest BCUT2D eigenvalue weighted by molar-refractivity contribution is -0.138. The van der Waals surface area contributed by atoms with Gasteiger partial charge in [-0.3, -0.25) is 9.59 Å². The molecule has 0 radical (unpaired) electrons. The second-order valence-corrected chi connectivity index (χ2v) is 10.9. The third kappa shape index (κ3) is 2.97. The molecule has 0 spiro atoms. The van der Waals surface area contributed by atoms with E-state index in [0.29, 0.717) is 17.8 Å². The maximum absolute atomic E-state index is 14.2. The van der Waals surface area contributed by atoms with Crippen LogP contribution in [0.4, 0.5) is 8.78 Å². The number of nitrogens with one attached hydrogen (secondary N) is 1. The Bertz CT molecular complexity index is 994. The Labute approximate surface area is 188 Å². The second kappa shape index (κ2) is 7.39. The van der Waals surface area contributed by atoms with Gasteiger partial charge in [-0.1, -0.05) is 26.0 Å². The summed E-state index contributed by atoms with van der Waals surface area (Å²) in [5.74, 6) is -0.958. The van der Waals surface area contributed by atoms with Gasteiger partial charge in [0.1, 0.15) is 0 Å². The fraction of sp³-hybridized carbons (Fsp3) is 0.615. The van der Waals surface area contributed by atoms with Crippen LogP contribution in [-0.4, -0.2) is 35.8 Å². The van der Waals surface area contributed by atoms with Gasteiger partial charge in [-0.05, 0) is 79.9 Å². The number of nitrogens with zero attached hydrogens (tertiary/aromatic N) is 1. The van der Waals surface area contributed by atoms with Crippen molar-refractivity contribution in [2.75, 3.05) is 7.05 Å². The molecular formula is C26H32F2N2O2. The fourth-order valence-electron chi connectivity index (χ4n) is 7.89. The van der Waals surface area contributed by atoms with Gasteiger partial charge in [-0.25, -0.2) is 8.78 Å². The van der Waals surface area contributed by atoms with E-state index in [1.165, 1.54) is 12.1 Å². The Morgan fingerprint density at radius 3 is 2.66 bits per heavy atom. The van der Waals surface area contributed by atoms with E-state index in [1.54, 1.807) is 6.08 Å². The minimum absolute atomic E-state index is 0.0149. The standard InChI is InChI=1S/C26H32F2N2O2/c1-25-13-11-18-15(7-10-21-26(18,2)14-12-22(31)30(21)3)17(25)8-9-20(25)29-24(32)16-5-4-6-19(27)23(16)28/h4-6,12,14-15,17-18,20-21H,7-11,13H2,1-3H3,(H,29,32)/t15-,17-,18-,20?,21+,25-,26+/m0/s1. The van der Waals surface area contributed by atoms with Crippen molar-refractivity contribution in [1.82, 2.24) is 10.2 Å². The molecule has 0 bridgehead atoms.